The highest BCUT2D eigenvalue weighted by Gasteiger charge is 2.45. The number of tetrazole rings is 1. The molecule has 0 radical (unpaired) electrons. The molecule has 1 saturated carbocycles. The first-order chi connectivity index (χ1) is 8.71. The fourth-order valence-corrected chi connectivity index (χ4v) is 2.87. The second kappa shape index (κ2) is 4.16. The summed E-state index contributed by atoms with van der Waals surface area (Å²) in [6.45, 7) is 0.348. The average Bonchev–Trinajstić information content (AvgIpc) is 2.93. The molecule has 18 heavy (non-hydrogen) atoms. The molecule has 2 aromatic heterocycles. The molecule has 1 aliphatic carbocycles. The fraction of sp³-hybridized carbons (Fsp3) is 0.455. The maximum Gasteiger partial charge on any atom is 0.311 e. The number of nitrogens with zero attached hydrogens (tertiary/aromatic N) is 4. The van der Waals surface area contributed by atoms with Crippen LogP contribution in [0.15, 0.2) is 16.8 Å². The number of aliphatic carboxylic acids is 1. The Labute approximate surface area is 107 Å². The van der Waals surface area contributed by atoms with Gasteiger partial charge in [0, 0.05) is 10.9 Å². The van der Waals surface area contributed by atoms with E-state index in [1.807, 2.05) is 16.8 Å². The average molecular weight is 264 g/mol. The minimum atomic E-state index is -0.750. The molecule has 6 nitrogen and oxygen atoms in total. The molecule has 0 atom stereocenters. The van der Waals surface area contributed by atoms with Gasteiger partial charge in [0.25, 0.3) is 0 Å². The number of aromatic nitrogens is 4. The lowest BCUT2D eigenvalue weighted by atomic mass is 9.69. The zero-order valence-corrected chi connectivity index (χ0v) is 10.4. The van der Waals surface area contributed by atoms with E-state index in [1.165, 1.54) is 0 Å². The molecule has 1 N–H and O–H groups in total. The Bertz CT molecular complexity index is 559. The monoisotopic (exact) mass is 264 g/mol. The van der Waals surface area contributed by atoms with Crippen LogP contribution in [0.2, 0.25) is 0 Å². The molecule has 1 fully saturated rings. The topological polar surface area (TPSA) is 80.9 Å². The molecule has 0 amide bonds. The van der Waals surface area contributed by atoms with Crippen molar-refractivity contribution >= 4 is 17.3 Å². The largest absolute Gasteiger partial charge is 0.481 e. The summed E-state index contributed by atoms with van der Waals surface area (Å²) in [6.07, 6.45) is 2.36. The SMILES string of the molecule is O=C(O)C1(Cn2nnnc2-c2ccsc2)CCC1. The molecule has 0 aliphatic heterocycles. The van der Waals surface area contributed by atoms with Gasteiger partial charge in [0.05, 0.1) is 12.0 Å². The van der Waals surface area contributed by atoms with Gasteiger partial charge in [0.1, 0.15) is 0 Å². The first-order valence-corrected chi connectivity index (χ1v) is 6.68. The predicted octanol–water partition coefficient (Wildman–Crippen LogP) is 1.66. The van der Waals surface area contributed by atoms with Crippen molar-refractivity contribution in [2.75, 3.05) is 0 Å². The van der Waals surface area contributed by atoms with Crippen molar-refractivity contribution < 1.29 is 9.90 Å². The first kappa shape index (κ1) is 11.3. The van der Waals surface area contributed by atoms with Crippen LogP contribution in [-0.4, -0.2) is 31.3 Å². The van der Waals surface area contributed by atoms with Crippen molar-refractivity contribution in [1.82, 2.24) is 20.2 Å². The molecule has 2 heterocycles. The summed E-state index contributed by atoms with van der Waals surface area (Å²) in [5.74, 6) is -0.107. The number of carboxylic acids is 1. The number of rotatable bonds is 4. The van der Waals surface area contributed by atoms with Gasteiger partial charge in [-0.1, -0.05) is 6.42 Å². The van der Waals surface area contributed by atoms with E-state index in [0.29, 0.717) is 25.2 Å². The molecular weight excluding hydrogens is 252 g/mol. The van der Waals surface area contributed by atoms with Gasteiger partial charge < -0.3 is 5.11 Å². The highest BCUT2D eigenvalue weighted by Crippen LogP contribution is 2.43. The van der Waals surface area contributed by atoms with Crippen LogP contribution in [0.5, 0.6) is 0 Å². The van der Waals surface area contributed by atoms with Crippen molar-refractivity contribution in [3.63, 3.8) is 0 Å². The van der Waals surface area contributed by atoms with Crippen LogP contribution in [0.1, 0.15) is 19.3 Å². The van der Waals surface area contributed by atoms with Gasteiger partial charge in [-0.15, -0.1) is 5.10 Å². The summed E-state index contributed by atoms with van der Waals surface area (Å²) in [6, 6.07) is 1.93. The molecule has 3 rings (SSSR count). The molecule has 7 heteroatoms. The number of hydrogen-bond acceptors (Lipinski definition) is 5. The van der Waals surface area contributed by atoms with Gasteiger partial charge in [0.15, 0.2) is 5.82 Å². The Balaban J connectivity index is 1.90. The highest BCUT2D eigenvalue weighted by molar-refractivity contribution is 7.08. The summed E-state index contributed by atoms with van der Waals surface area (Å²) in [5.41, 5.74) is 0.255. The summed E-state index contributed by atoms with van der Waals surface area (Å²) in [5, 5.41) is 24.8. The maximum absolute atomic E-state index is 11.3. The van der Waals surface area contributed by atoms with Crippen molar-refractivity contribution in [1.29, 1.82) is 0 Å². The summed E-state index contributed by atoms with van der Waals surface area (Å²) in [4.78, 5) is 11.3. The summed E-state index contributed by atoms with van der Waals surface area (Å²) >= 11 is 1.57. The predicted molar refractivity (Wildman–Crippen MR) is 65.0 cm³/mol. The number of thiophene rings is 1. The normalized spacial score (nSPS) is 17.3. The van der Waals surface area contributed by atoms with Crippen LogP contribution < -0.4 is 0 Å². The maximum atomic E-state index is 11.3. The standard InChI is InChI=1S/C11H12N4O2S/c16-10(17)11(3-1-4-11)7-15-9(12-13-14-15)8-2-5-18-6-8/h2,5-6H,1,3-4,7H2,(H,16,17). The first-order valence-electron chi connectivity index (χ1n) is 5.73. The zero-order valence-electron chi connectivity index (χ0n) is 9.61. The van der Waals surface area contributed by atoms with Gasteiger partial charge in [0.2, 0.25) is 0 Å². The smallest absolute Gasteiger partial charge is 0.311 e. The third-order valence-electron chi connectivity index (χ3n) is 3.53. The second-order valence-electron chi connectivity index (χ2n) is 4.61. The third kappa shape index (κ3) is 1.71. The number of hydrogen-bond donors (Lipinski definition) is 1. The van der Waals surface area contributed by atoms with Gasteiger partial charge >= 0.3 is 5.97 Å². The van der Waals surface area contributed by atoms with Crippen LogP contribution >= 0.6 is 11.3 Å². The Kier molecular flexibility index (Phi) is 2.62. The van der Waals surface area contributed by atoms with Crippen molar-refractivity contribution in [2.24, 2.45) is 5.41 Å². The van der Waals surface area contributed by atoms with Gasteiger partial charge in [-0.25, -0.2) is 4.68 Å². The Morgan fingerprint density at radius 2 is 2.39 bits per heavy atom. The Hall–Kier alpha value is -1.76. The van der Waals surface area contributed by atoms with E-state index in [4.69, 9.17) is 0 Å². The Morgan fingerprint density at radius 3 is 2.94 bits per heavy atom. The second-order valence-corrected chi connectivity index (χ2v) is 5.39. The third-order valence-corrected chi connectivity index (χ3v) is 4.21. The van der Waals surface area contributed by atoms with Crippen LogP contribution in [0.3, 0.4) is 0 Å². The molecular formula is C11H12N4O2S. The van der Waals surface area contributed by atoms with Crippen LogP contribution in [0.4, 0.5) is 0 Å². The molecule has 0 aromatic carbocycles. The molecule has 0 spiro atoms. The van der Waals surface area contributed by atoms with E-state index < -0.39 is 11.4 Å². The highest BCUT2D eigenvalue weighted by atomic mass is 32.1. The van der Waals surface area contributed by atoms with Crippen LogP contribution in [0.25, 0.3) is 11.4 Å². The molecule has 94 valence electrons. The van der Waals surface area contributed by atoms with Gasteiger partial charge in [-0.3, -0.25) is 4.79 Å². The quantitative estimate of drug-likeness (QED) is 0.908. The minimum absolute atomic E-state index is 0.348. The van der Waals surface area contributed by atoms with Crippen molar-refractivity contribution in [3.05, 3.63) is 16.8 Å². The number of carboxylic acid groups (broad SMARTS) is 1. The van der Waals surface area contributed by atoms with E-state index >= 15 is 0 Å². The molecule has 1 aliphatic rings. The van der Waals surface area contributed by atoms with Gasteiger partial charge in [-0.05, 0) is 34.7 Å². The fourth-order valence-electron chi connectivity index (χ4n) is 2.24. The molecule has 0 unspecified atom stereocenters. The Morgan fingerprint density at radius 1 is 1.56 bits per heavy atom. The lowest BCUT2D eigenvalue weighted by Gasteiger charge is -2.37. The van der Waals surface area contributed by atoms with E-state index in [9.17, 15) is 9.90 Å². The zero-order chi connectivity index (χ0) is 12.6. The van der Waals surface area contributed by atoms with E-state index in [0.717, 1.165) is 12.0 Å². The van der Waals surface area contributed by atoms with E-state index in [-0.39, 0.29) is 0 Å². The lowest BCUT2D eigenvalue weighted by Crippen LogP contribution is -2.42. The summed E-state index contributed by atoms with van der Waals surface area (Å²) in [7, 11) is 0. The van der Waals surface area contributed by atoms with E-state index in [2.05, 4.69) is 15.5 Å². The lowest BCUT2D eigenvalue weighted by molar-refractivity contribution is -0.156. The molecule has 0 bridgehead atoms. The summed E-state index contributed by atoms with van der Waals surface area (Å²) < 4.78 is 1.61. The minimum Gasteiger partial charge on any atom is -0.481 e. The van der Waals surface area contributed by atoms with E-state index in [1.54, 1.807) is 16.0 Å². The van der Waals surface area contributed by atoms with Crippen molar-refractivity contribution in [2.45, 2.75) is 25.8 Å². The number of carbonyl (C=O) groups is 1. The molecule has 2 aromatic rings. The van der Waals surface area contributed by atoms with Crippen LogP contribution in [-0.2, 0) is 11.3 Å². The van der Waals surface area contributed by atoms with Gasteiger partial charge in [-0.2, -0.15) is 11.3 Å². The van der Waals surface area contributed by atoms with Crippen LogP contribution in [0, 0.1) is 5.41 Å². The van der Waals surface area contributed by atoms with Crippen molar-refractivity contribution in [3.8, 4) is 11.4 Å². The molecule has 0 saturated heterocycles.